The first-order chi connectivity index (χ1) is 16.7. The Balaban J connectivity index is 1.76. The number of hydrogen-bond acceptors (Lipinski definition) is 8. The topological polar surface area (TPSA) is 110 Å². The molecule has 0 saturated carbocycles. The van der Waals surface area contributed by atoms with E-state index in [0.717, 1.165) is 22.5 Å². The van der Waals surface area contributed by atoms with Gasteiger partial charge in [0.1, 0.15) is 16.2 Å². The van der Waals surface area contributed by atoms with Crippen LogP contribution in [0.2, 0.25) is 0 Å². The summed E-state index contributed by atoms with van der Waals surface area (Å²) in [5, 5.41) is 10.4. The highest BCUT2D eigenvalue weighted by molar-refractivity contribution is 7.17. The first kappa shape index (κ1) is 22.8. The summed E-state index contributed by atoms with van der Waals surface area (Å²) in [6, 6.07) is 8.94. The quantitative estimate of drug-likeness (QED) is 0.409. The van der Waals surface area contributed by atoms with Gasteiger partial charge in [-0.25, -0.2) is 9.78 Å². The van der Waals surface area contributed by atoms with Crippen LogP contribution in [0, 0.1) is 20.8 Å². The molecule has 3 heterocycles. The number of phenolic OH excluding ortho intramolecular Hbond substituents is 1. The van der Waals surface area contributed by atoms with Crippen LogP contribution in [0.25, 0.3) is 11.0 Å². The van der Waals surface area contributed by atoms with E-state index in [-0.39, 0.29) is 39.1 Å². The number of anilines is 1. The largest absolute Gasteiger partial charge is 0.508 e. The lowest BCUT2D eigenvalue weighted by Gasteiger charge is -2.22. The van der Waals surface area contributed by atoms with Crippen LogP contribution in [0.1, 0.15) is 61.1 Å². The number of amides is 1. The second kappa shape index (κ2) is 8.35. The fraction of sp³-hybridized carbons (Fsp3) is 0.231. The summed E-state index contributed by atoms with van der Waals surface area (Å²) in [7, 11) is 0. The lowest BCUT2D eigenvalue weighted by atomic mass is 9.97. The third-order valence-electron chi connectivity index (χ3n) is 6.15. The summed E-state index contributed by atoms with van der Waals surface area (Å²) < 4.78 is 11.2. The van der Waals surface area contributed by atoms with Gasteiger partial charge in [-0.05, 0) is 68.7 Å². The SMILES string of the molecule is CCOC(=O)c1sc(N2C(=O)c3oc4cc(C)c(C)cc4c(=O)c3[C@H]2c2ccc(O)cc2)nc1C. The van der Waals surface area contributed by atoms with E-state index < -0.39 is 17.9 Å². The average molecular weight is 491 g/mol. The monoisotopic (exact) mass is 490 g/mol. The molecule has 1 N–H and O–H groups in total. The second-order valence-electron chi connectivity index (χ2n) is 8.41. The van der Waals surface area contributed by atoms with Gasteiger partial charge in [-0.2, -0.15) is 0 Å². The van der Waals surface area contributed by atoms with Gasteiger partial charge in [-0.1, -0.05) is 23.5 Å². The molecule has 178 valence electrons. The molecule has 1 amide bonds. The maximum absolute atomic E-state index is 13.7. The van der Waals surface area contributed by atoms with Crippen molar-refractivity contribution < 1.29 is 23.8 Å². The minimum absolute atomic E-state index is 0.0520. The number of carbonyl (C=O) groups excluding carboxylic acids is 2. The standard InChI is InChI=1S/C26H22N2O6S/c1-5-33-25(32)23-14(4)27-26(35-23)28-20(15-6-8-16(29)9-7-15)19-21(30)17-10-12(2)13(3)11-18(17)34-22(19)24(28)31/h6-11,20,29H,5H2,1-4H3/t20-/m1/s1. The second-order valence-corrected chi connectivity index (χ2v) is 9.38. The molecule has 0 radical (unpaired) electrons. The maximum atomic E-state index is 13.7. The highest BCUT2D eigenvalue weighted by Crippen LogP contribution is 2.43. The molecule has 5 rings (SSSR count). The van der Waals surface area contributed by atoms with Gasteiger partial charge in [0.2, 0.25) is 5.76 Å². The molecule has 0 bridgehead atoms. The van der Waals surface area contributed by atoms with Gasteiger partial charge in [0.05, 0.1) is 29.3 Å². The third kappa shape index (κ3) is 3.59. The minimum Gasteiger partial charge on any atom is -0.508 e. The minimum atomic E-state index is -0.846. The molecule has 9 heteroatoms. The number of thiazole rings is 1. The summed E-state index contributed by atoms with van der Waals surface area (Å²) in [6.07, 6.45) is 0. The van der Waals surface area contributed by atoms with Crippen molar-refractivity contribution in [2.45, 2.75) is 33.7 Å². The molecule has 0 unspecified atom stereocenters. The number of rotatable bonds is 4. The van der Waals surface area contributed by atoms with E-state index in [4.69, 9.17) is 9.15 Å². The Morgan fingerprint density at radius 1 is 1.14 bits per heavy atom. The lowest BCUT2D eigenvalue weighted by Crippen LogP contribution is -2.29. The van der Waals surface area contributed by atoms with Crippen molar-refractivity contribution in [2.75, 3.05) is 11.5 Å². The third-order valence-corrected chi connectivity index (χ3v) is 7.28. The van der Waals surface area contributed by atoms with Crippen molar-refractivity contribution in [2.24, 2.45) is 0 Å². The Morgan fingerprint density at radius 2 is 1.83 bits per heavy atom. The molecule has 0 fully saturated rings. The molecule has 8 nitrogen and oxygen atoms in total. The van der Waals surface area contributed by atoms with Crippen LogP contribution in [0.15, 0.2) is 45.6 Å². The summed E-state index contributed by atoms with van der Waals surface area (Å²) in [5.41, 5.74) is 3.11. The zero-order valence-corrected chi connectivity index (χ0v) is 20.4. The number of aromatic hydroxyl groups is 1. The number of nitrogens with zero attached hydrogens (tertiary/aromatic N) is 2. The summed E-state index contributed by atoms with van der Waals surface area (Å²) in [5.74, 6) is -1.06. The van der Waals surface area contributed by atoms with Gasteiger partial charge >= 0.3 is 5.97 Å². The highest BCUT2D eigenvalue weighted by Gasteiger charge is 2.45. The number of carbonyl (C=O) groups is 2. The summed E-state index contributed by atoms with van der Waals surface area (Å²) >= 11 is 1.02. The number of esters is 1. The van der Waals surface area contributed by atoms with Gasteiger partial charge in [0.15, 0.2) is 10.6 Å². The van der Waals surface area contributed by atoms with Gasteiger partial charge in [-0.3, -0.25) is 14.5 Å². The van der Waals surface area contributed by atoms with Gasteiger partial charge in [0.25, 0.3) is 5.91 Å². The number of phenols is 1. The number of aromatic nitrogens is 1. The number of ether oxygens (including phenoxy) is 1. The van der Waals surface area contributed by atoms with Crippen LogP contribution in [0.4, 0.5) is 5.13 Å². The van der Waals surface area contributed by atoms with E-state index in [0.29, 0.717) is 22.2 Å². The van der Waals surface area contributed by atoms with Crippen molar-refractivity contribution in [1.29, 1.82) is 0 Å². The van der Waals surface area contributed by atoms with Gasteiger partial charge in [-0.15, -0.1) is 0 Å². The van der Waals surface area contributed by atoms with Crippen molar-refractivity contribution in [3.63, 3.8) is 0 Å². The smallest absolute Gasteiger partial charge is 0.350 e. The molecule has 35 heavy (non-hydrogen) atoms. The molecule has 0 saturated heterocycles. The maximum Gasteiger partial charge on any atom is 0.350 e. The average Bonchev–Trinajstić information content (AvgIpc) is 3.34. The van der Waals surface area contributed by atoms with Crippen LogP contribution in [-0.4, -0.2) is 28.6 Å². The van der Waals surface area contributed by atoms with E-state index >= 15 is 0 Å². The predicted octanol–water partition coefficient (Wildman–Crippen LogP) is 4.81. The van der Waals surface area contributed by atoms with E-state index in [9.17, 15) is 19.5 Å². The molecule has 2 aromatic carbocycles. The number of hydrogen-bond donors (Lipinski definition) is 1. The van der Waals surface area contributed by atoms with Crippen molar-refractivity contribution in [3.05, 3.63) is 85.2 Å². The van der Waals surface area contributed by atoms with E-state index in [1.54, 1.807) is 38.1 Å². The Kier molecular flexibility index (Phi) is 5.44. The van der Waals surface area contributed by atoms with Crippen molar-refractivity contribution in [1.82, 2.24) is 4.98 Å². The van der Waals surface area contributed by atoms with Crippen LogP contribution < -0.4 is 10.3 Å². The van der Waals surface area contributed by atoms with Gasteiger partial charge < -0.3 is 14.3 Å². The zero-order valence-electron chi connectivity index (χ0n) is 19.5. The van der Waals surface area contributed by atoms with Crippen molar-refractivity contribution in [3.8, 4) is 5.75 Å². The Morgan fingerprint density at radius 3 is 2.51 bits per heavy atom. The van der Waals surface area contributed by atoms with Crippen LogP contribution >= 0.6 is 11.3 Å². The Labute approximate surface area is 204 Å². The predicted molar refractivity (Wildman–Crippen MR) is 132 cm³/mol. The molecule has 0 aliphatic carbocycles. The molecule has 0 spiro atoms. The fourth-order valence-corrected chi connectivity index (χ4v) is 5.26. The number of benzene rings is 2. The van der Waals surface area contributed by atoms with Gasteiger partial charge in [0, 0.05) is 0 Å². The van der Waals surface area contributed by atoms with Crippen LogP contribution in [0.3, 0.4) is 0 Å². The molecule has 1 aliphatic heterocycles. The summed E-state index contributed by atoms with van der Waals surface area (Å²) in [6.45, 7) is 7.40. The lowest BCUT2D eigenvalue weighted by molar-refractivity contribution is 0.0531. The molecular weight excluding hydrogens is 468 g/mol. The number of aryl methyl sites for hydroxylation is 3. The highest BCUT2D eigenvalue weighted by atomic mass is 32.1. The first-order valence-electron chi connectivity index (χ1n) is 11.1. The van der Waals surface area contributed by atoms with E-state index in [1.165, 1.54) is 17.0 Å². The van der Waals surface area contributed by atoms with E-state index in [2.05, 4.69) is 4.98 Å². The molecule has 1 atom stereocenters. The molecule has 1 aliphatic rings. The zero-order chi connectivity index (χ0) is 25.0. The first-order valence-corrected chi connectivity index (χ1v) is 11.9. The normalized spacial score (nSPS) is 15.0. The van der Waals surface area contributed by atoms with Crippen LogP contribution in [0.5, 0.6) is 5.75 Å². The molecular formula is C26H22N2O6S. The fourth-order valence-electron chi connectivity index (χ4n) is 4.27. The Hall–Kier alpha value is -3.98. The van der Waals surface area contributed by atoms with E-state index in [1.807, 2.05) is 13.8 Å². The van der Waals surface area contributed by atoms with Crippen molar-refractivity contribution >= 4 is 39.3 Å². The number of fused-ring (bicyclic) bond motifs is 2. The molecule has 4 aromatic rings. The van der Waals surface area contributed by atoms with Crippen LogP contribution in [-0.2, 0) is 4.74 Å². The molecule has 2 aromatic heterocycles. The summed E-state index contributed by atoms with van der Waals surface area (Å²) in [4.78, 5) is 46.0. The Bertz CT molecular complexity index is 1570.